The van der Waals surface area contributed by atoms with Gasteiger partial charge >= 0.3 is 0 Å². The molecule has 1 fully saturated rings. The number of hydrogen-bond acceptors (Lipinski definition) is 2. The van der Waals surface area contributed by atoms with E-state index in [1.54, 1.807) is 0 Å². The first kappa shape index (κ1) is 10.0. The molecule has 0 aromatic carbocycles. The Balaban J connectivity index is 2.73. The average Bonchev–Trinajstić information content (AvgIpc) is 2.04. The van der Waals surface area contributed by atoms with Crippen LogP contribution in [-0.2, 0) is 9.47 Å². The summed E-state index contributed by atoms with van der Waals surface area (Å²) in [6.07, 6.45) is 2.04. The fourth-order valence-electron chi connectivity index (χ4n) is 1.96. The lowest BCUT2D eigenvalue weighted by molar-refractivity contribution is -0.148. The van der Waals surface area contributed by atoms with Crippen LogP contribution in [0.2, 0.25) is 0 Å². The zero-order valence-electron chi connectivity index (χ0n) is 8.64. The van der Waals surface area contributed by atoms with Crippen molar-refractivity contribution in [3.8, 4) is 0 Å². The minimum atomic E-state index is 0.0330. The van der Waals surface area contributed by atoms with Crippen LogP contribution < -0.4 is 0 Å². The second-order valence-corrected chi connectivity index (χ2v) is 4.56. The van der Waals surface area contributed by atoms with Crippen LogP contribution in [0.4, 0.5) is 0 Å². The van der Waals surface area contributed by atoms with Gasteiger partial charge in [-0.05, 0) is 5.41 Å². The third-order valence-electron chi connectivity index (χ3n) is 3.06. The molecular formula is C10H20O2. The molecule has 0 amide bonds. The highest BCUT2D eigenvalue weighted by Crippen LogP contribution is 2.40. The van der Waals surface area contributed by atoms with Gasteiger partial charge in [-0.1, -0.05) is 20.8 Å². The summed E-state index contributed by atoms with van der Waals surface area (Å²) >= 11 is 0. The normalized spacial score (nSPS) is 24.0. The molecule has 0 aliphatic carbocycles. The Morgan fingerprint density at radius 2 is 1.67 bits per heavy atom. The Morgan fingerprint density at radius 1 is 1.17 bits per heavy atom. The molecule has 72 valence electrons. The standard InChI is InChI=1S/C10H20O2/c1-9(2,3)10(11-4)5-7-12-8-6-10/h5-8H2,1-4H3. The first-order valence-corrected chi connectivity index (χ1v) is 4.65. The maximum absolute atomic E-state index is 5.66. The van der Waals surface area contributed by atoms with Gasteiger partial charge in [0, 0.05) is 33.2 Å². The van der Waals surface area contributed by atoms with Crippen molar-refractivity contribution in [2.45, 2.75) is 39.2 Å². The Labute approximate surface area is 75.2 Å². The Morgan fingerprint density at radius 3 is 1.92 bits per heavy atom. The van der Waals surface area contributed by atoms with Gasteiger partial charge < -0.3 is 9.47 Å². The van der Waals surface area contributed by atoms with Gasteiger partial charge in [0.25, 0.3) is 0 Å². The van der Waals surface area contributed by atoms with E-state index in [1.807, 2.05) is 7.11 Å². The Kier molecular flexibility index (Phi) is 2.79. The van der Waals surface area contributed by atoms with Gasteiger partial charge in [0.15, 0.2) is 0 Å². The molecule has 12 heavy (non-hydrogen) atoms. The summed E-state index contributed by atoms with van der Waals surface area (Å²) in [6.45, 7) is 8.39. The van der Waals surface area contributed by atoms with Crippen molar-refractivity contribution >= 4 is 0 Å². The second-order valence-electron chi connectivity index (χ2n) is 4.56. The predicted molar refractivity (Wildman–Crippen MR) is 49.2 cm³/mol. The molecule has 0 saturated carbocycles. The molecule has 2 heteroatoms. The fourth-order valence-corrected chi connectivity index (χ4v) is 1.96. The van der Waals surface area contributed by atoms with Crippen LogP contribution >= 0.6 is 0 Å². The SMILES string of the molecule is COC1(C(C)(C)C)CCOCC1. The lowest BCUT2D eigenvalue weighted by atomic mass is 9.72. The lowest BCUT2D eigenvalue weighted by Crippen LogP contribution is -2.48. The van der Waals surface area contributed by atoms with Crippen molar-refractivity contribution in [1.29, 1.82) is 0 Å². The molecule has 0 spiro atoms. The highest BCUT2D eigenvalue weighted by atomic mass is 16.5. The van der Waals surface area contributed by atoms with Gasteiger partial charge in [0.2, 0.25) is 0 Å². The van der Waals surface area contributed by atoms with Crippen LogP contribution in [-0.4, -0.2) is 25.9 Å². The molecule has 0 aromatic rings. The van der Waals surface area contributed by atoms with Crippen molar-refractivity contribution in [3.05, 3.63) is 0 Å². The Hall–Kier alpha value is -0.0800. The van der Waals surface area contributed by atoms with Gasteiger partial charge in [-0.3, -0.25) is 0 Å². The quantitative estimate of drug-likeness (QED) is 0.604. The molecular weight excluding hydrogens is 152 g/mol. The number of hydrogen-bond donors (Lipinski definition) is 0. The molecule has 1 rings (SSSR count). The average molecular weight is 172 g/mol. The van der Waals surface area contributed by atoms with Crippen LogP contribution in [0.3, 0.4) is 0 Å². The molecule has 0 N–H and O–H groups in total. The molecule has 0 atom stereocenters. The van der Waals surface area contributed by atoms with E-state index in [-0.39, 0.29) is 11.0 Å². The molecule has 0 unspecified atom stereocenters. The molecule has 0 bridgehead atoms. The smallest absolute Gasteiger partial charge is 0.0770 e. The van der Waals surface area contributed by atoms with Crippen molar-refractivity contribution in [2.75, 3.05) is 20.3 Å². The molecule has 1 heterocycles. The van der Waals surface area contributed by atoms with Gasteiger partial charge in [0.1, 0.15) is 0 Å². The van der Waals surface area contributed by atoms with Crippen LogP contribution in [0.15, 0.2) is 0 Å². The maximum Gasteiger partial charge on any atom is 0.0770 e. The van der Waals surface area contributed by atoms with E-state index in [0.717, 1.165) is 26.1 Å². The van der Waals surface area contributed by atoms with Gasteiger partial charge in [-0.2, -0.15) is 0 Å². The minimum absolute atomic E-state index is 0.0330. The molecule has 1 aliphatic rings. The fraction of sp³-hybridized carbons (Fsp3) is 1.00. The van der Waals surface area contributed by atoms with Gasteiger partial charge in [-0.25, -0.2) is 0 Å². The summed E-state index contributed by atoms with van der Waals surface area (Å²) in [5, 5.41) is 0. The zero-order valence-corrected chi connectivity index (χ0v) is 8.64. The van der Waals surface area contributed by atoms with Crippen molar-refractivity contribution in [3.63, 3.8) is 0 Å². The van der Waals surface area contributed by atoms with Crippen LogP contribution in [0.5, 0.6) is 0 Å². The van der Waals surface area contributed by atoms with Gasteiger partial charge in [-0.15, -0.1) is 0 Å². The first-order valence-electron chi connectivity index (χ1n) is 4.65. The number of methoxy groups -OCH3 is 1. The van der Waals surface area contributed by atoms with Crippen LogP contribution in [0.1, 0.15) is 33.6 Å². The molecule has 2 nitrogen and oxygen atoms in total. The largest absolute Gasteiger partial charge is 0.381 e. The highest BCUT2D eigenvalue weighted by molar-refractivity contribution is 4.93. The maximum atomic E-state index is 5.66. The van der Waals surface area contributed by atoms with E-state index in [0.29, 0.717) is 0 Å². The van der Waals surface area contributed by atoms with Crippen molar-refractivity contribution < 1.29 is 9.47 Å². The summed E-state index contributed by atoms with van der Waals surface area (Å²) in [6, 6.07) is 0. The van der Waals surface area contributed by atoms with E-state index in [1.165, 1.54) is 0 Å². The first-order chi connectivity index (χ1) is 5.52. The van der Waals surface area contributed by atoms with Crippen molar-refractivity contribution in [2.24, 2.45) is 5.41 Å². The topological polar surface area (TPSA) is 18.5 Å². The van der Waals surface area contributed by atoms with Crippen molar-refractivity contribution in [1.82, 2.24) is 0 Å². The summed E-state index contributed by atoms with van der Waals surface area (Å²) in [4.78, 5) is 0. The highest BCUT2D eigenvalue weighted by Gasteiger charge is 2.43. The minimum Gasteiger partial charge on any atom is -0.381 e. The monoisotopic (exact) mass is 172 g/mol. The van der Waals surface area contributed by atoms with E-state index in [2.05, 4.69) is 20.8 Å². The van der Waals surface area contributed by atoms with E-state index < -0.39 is 0 Å². The zero-order chi connectivity index (χ0) is 9.24. The summed E-state index contributed by atoms with van der Waals surface area (Å²) in [5.41, 5.74) is 0.247. The summed E-state index contributed by atoms with van der Waals surface area (Å²) in [7, 11) is 1.82. The predicted octanol–water partition coefficient (Wildman–Crippen LogP) is 2.23. The van der Waals surface area contributed by atoms with Gasteiger partial charge in [0.05, 0.1) is 5.60 Å². The third kappa shape index (κ3) is 1.64. The molecule has 0 aromatic heterocycles. The van der Waals surface area contributed by atoms with E-state index >= 15 is 0 Å². The lowest BCUT2D eigenvalue weighted by Gasteiger charge is -2.46. The Bertz CT molecular complexity index is 140. The van der Waals surface area contributed by atoms with E-state index in [9.17, 15) is 0 Å². The molecule has 1 saturated heterocycles. The number of ether oxygens (including phenoxy) is 2. The van der Waals surface area contributed by atoms with Crippen LogP contribution in [0, 0.1) is 5.41 Å². The van der Waals surface area contributed by atoms with E-state index in [4.69, 9.17) is 9.47 Å². The number of rotatable bonds is 1. The second kappa shape index (κ2) is 3.35. The molecule has 0 radical (unpaired) electrons. The van der Waals surface area contributed by atoms with Crippen LogP contribution in [0.25, 0.3) is 0 Å². The summed E-state index contributed by atoms with van der Waals surface area (Å²) in [5.74, 6) is 0. The molecule has 1 aliphatic heterocycles. The third-order valence-corrected chi connectivity index (χ3v) is 3.06. The summed E-state index contributed by atoms with van der Waals surface area (Å²) < 4.78 is 11.0.